The monoisotopic (exact) mass is 730 g/mol. The van der Waals surface area contributed by atoms with E-state index in [9.17, 15) is 24.0 Å². The van der Waals surface area contributed by atoms with Crippen molar-refractivity contribution in [3.63, 3.8) is 0 Å². The third-order valence-corrected chi connectivity index (χ3v) is 9.33. The summed E-state index contributed by atoms with van der Waals surface area (Å²) in [7, 11) is 0. The fraction of sp³-hybridized carbons (Fsp3) is 0.293. The van der Waals surface area contributed by atoms with Gasteiger partial charge in [0.05, 0.1) is 0 Å². The highest BCUT2D eigenvalue weighted by Gasteiger charge is 2.15. The van der Waals surface area contributed by atoms with E-state index in [2.05, 4.69) is 41.7 Å². The summed E-state index contributed by atoms with van der Waals surface area (Å²) in [6.07, 6.45) is 5.55. The molecule has 13 nitrogen and oxygen atoms in total. The minimum absolute atomic E-state index is 0.0674. The Morgan fingerprint density at radius 3 is 1.15 bits per heavy atom. The number of hydrogen-bond acceptors (Lipinski definition) is 7. The van der Waals surface area contributed by atoms with Crippen molar-refractivity contribution >= 4 is 63.8 Å². The highest BCUT2D eigenvalue weighted by atomic mass is 16.2. The average molecular weight is 731 g/mol. The Bertz CT molecular complexity index is 1800. The van der Waals surface area contributed by atoms with Gasteiger partial charge in [-0.2, -0.15) is 0 Å². The van der Waals surface area contributed by atoms with Crippen molar-refractivity contribution in [2.75, 3.05) is 71.2 Å². The lowest BCUT2D eigenvalue weighted by atomic mass is 10.1. The summed E-state index contributed by atoms with van der Waals surface area (Å²) < 4.78 is 0. The molecule has 0 spiro atoms. The van der Waals surface area contributed by atoms with E-state index < -0.39 is 6.03 Å². The average Bonchev–Trinajstić information content (AvgIpc) is 3.89. The van der Waals surface area contributed by atoms with Gasteiger partial charge in [-0.15, -0.1) is 0 Å². The number of rotatable bonds is 14. The van der Waals surface area contributed by atoms with Crippen molar-refractivity contribution in [1.82, 2.24) is 9.80 Å². The second-order valence-electron chi connectivity index (χ2n) is 13.5. The van der Waals surface area contributed by atoms with Crippen LogP contribution in [-0.4, -0.2) is 78.7 Å². The van der Waals surface area contributed by atoms with Gasteiger partial charge in [-0.25, -0.2) is 4.79 Å². The molecule has 2 aliphatic rings. The molecule has 0 bridgehead atoms. The Kier molecular flexibility index (Phi) is 13.0. The summed E-state index contributed by atoms with van der Waals surface area (Å²) in [4.78, 5) is 67.9. The van der Waals surface area contributed by atoms with Crippen molar-refractivity contribution < 1.29 is 24.0 Å². The predicted octanol–water partition coefficient (Wildman–Crippen LogP) is 6.68. The Morgan fingerprint density at radius 1 is 0.426 bits per heavy atom. The van der Waals surface area contributed by atoms with Gasteiger partial charge >= 0.3 is 6.03 Å². The molecule has 4 aromatic carbocycles. The number of benzene rings is 4. The van der Waals surface area contributed by atoms with Crippen LogP contribution < -0.4 is 31.9 Å². The first-order chi connectivity index (χ1) is 26.3. The van der Waals surface area contributed by atoms with Crippen LogP contribution in [0.2, 0.25) is 0 Å². The van der Waals surface area contributed by atoms with E-state index in [4.69, 9.17) is 0 Å². The molecule has 13 heteroatoms. The van der Waals surface area contributed by atoms with E-state index in [1.807, 2.05) is 0 Å². The summed E-state index contributed by atoms with van der Waals surface area (Å²) in [6.45, 7) is 5.64. The molecule has 2 heterocycles. The third-order valence-electron chi connectivity index (χ3n) is 9.33. The number of carbonyl (C=O) groups is 5. The second kappa shape index (κ2) is 18.6. The lowest BCUT2D eigenvalue weighted by molar-refractivity contribution is -0.117. The fourth-order valence-corrected chi connectivity index (χ4v) is 6.44. The molecule has 2 saturated heterocycles. The zero-order valence-electron chi connectivity index (χ0n) is 30.2. The minimum Gasteiger partial charge on any atom is -0.326 e. The smallest absolute Gasteiger partial charge is 0.323 e. The van der Waals surface area contributed by atoms with E-state index in [0.717, 1.165) is 39.3 Å². The lowest BCUT2D eigenvalue weighted by Crippen LogP contribution is -2.25. The number of urea groups is 1. The van der Waals surface area contributed by atoms with Crippen LogP contribution in [0, 0.1) is 0 Å². The molecule has 2 aliphatic heterocycles. The lowest BCUT2D eigenvalue weighted by Gasteiger charge is -2.14. The summed E-state index contributed by atoms with van der Waals surface area (Å²) >= 11 is 0. The summed E-state index contributed by atoms with van der Waals surface area (Å²) in [6, 6.07) is 26.4. The molecule has 0 unspecified atom stereocenters. The Labute approximate surface area is 314 Å². The Balaban J connectivity index is 0.927. The van der Waals surface area contributed by atoms with Crippen molar-refractivity contribution in [1.29, 1.82) is 0 Å². The summed E-state index contributed by atoms with van der Waals surface area (Å²) in [5.74, 6) is -0.810. The molecule has 0 radical (unpaired) electrons. The van der Waals surface area contributed by atoms with Crippen molar-refractivity contribution in [2.45, 2.75) is 38.5 Å². The third kappa shape index (κ3) is 11.5. The van der Waals surface area contributed by atoms with Crippen LogP contribution in [0.1, 0.15) is 59.2 Å². The fourth-order valence-electron chi connectivity index (χ4n) is 6.44. The molecule has 280 valence electrons. The summed E-state index contributed by atoms with van der Waals surface area (Å²) in [5, 5.41) is 17.0. The van der Waals surface area contributed by atoms with Crippen LogP contribution in [0.25, 0.3) is 0 Å². The molecule has 6 N–H and O–H groups in total. The largest absolute Gasteiger partial charge is 0.326 e. The van der Waals surface area contributed by atoms with E-state index in [1.54, 1.807) is 97.1 Å². The molecule has 6 rings (SSSR count). The maximum Gasteiger partial charge on any atom is 0.323 e. The predicted molar refractivity (Wildman–Crippen MR) is 212 cm³/mol. The number of amides is 6. The Morgan fingerprint density at radius 2 is 0.778 bits per heavy atom. The van der Waals surface area contributed by atoms with E-state index >= 15 is 0 Å². The van der Waals surface area contributed by atoms with E-state index in [-0.39, 0.29) is 23.6 Å². The topological polar surface area (TPSA) is 164 Å². The van der Waals surface area contributed by atoms with Gasteiger partial charge in [0.2, 0.25) is 11.8 Å². The molecule has 4 aromatic rings. The highest BCUT2D eigenvalue weighted by Crippen LogP contribution is 2.20. The molecule has 54 heavy (non-hydrogen) atoms. The number of anilines is 6. The quantitative estimate of drug-likeness (QED) is 0.0843. The summed E-state index contributed by atoms with van der Waals surface area (Å²) in [5.41, 5.74) is 4.02. The maximum atomic E-state index is 12.9. The molecule has 0 saturated carbocycles. The van der Waals surface area contributed by atoms with Gasteiger partial charge in [0, 0.05) is 71.2 Å². The zero-order valence-corrected chi connectivity index (χ0v) is 30.2. The van der Waals surface area contributed by atoms with Crippen molar-refractivity contribution in [2.24, 2.45) is 0 Å². The number of hydrogen-bond donors (Lipinski definition) is 6. The van der Waals surface area contributed by atoms with Crippen LogP contribution in [-0.2, 0) is 9.59 Å². The minimum atomic E-state index is -0.497. The van der Waals surface area contributed by atoms with E-state index in [0.29, 0.717) is 58.1 Å². The zero-order chi connectivity index (χ0) is 37.7. The molecule has 0 atom stereocenters. The van der Waals surface area contributed by atoms with Gasteiger partial charge in [-0.3, -0.25) is 19.2 Å². The highest BCUT2D eigenvalue weighted by molar-refractivity contribution is 6.07. The molecular formula is C41H46N8O5. The van der Waals surface area contributed by atoms with Crippen LogP contribution in [0.15, 0.2) is 97.1 Å². The van der Waals surface area contributed by atoms with Crippen molar-refractivity contribution in [3.8, 4) is 0 Å². The number of nitrogens with zero attached hydrogens (tertiary/aromatic N) is 2. The van der Waals surface area contributed by atoms with Crippen LogP contribution in [0.4, 0.5) is 38.9 Å². The molecular weight excluding hydrogens is 685 g/mol. The molecule has 0 aromatic heterocycles. The van der Waals surface area contributed by atoms with Gasteiger partial charge in [0.1, 0.15) is 0 Å². The first-order valence-electron chi connectivity index (χ1n) is 18.4. The molecule has 2 fully saturated rings. The van der Waals surface area contributed by atoms with Crippen LogP contribution >= 0.6 is 0 Å². The number of likely N-dealkylation sites (tertiary alicyclic amines) is 2. The maximum absolute atomic E-state index is 12.9. The standard InChI is InChI=1S/C41H46N8O5/c50-37(19-25-48-21-1-2-22-48)42-33-7-5-9-35(27-33)44-39(52)29-11-15-31(16-12-29)46-41(54)47-32-17-13-30(14-18-32)40(53)45-36-10-6-8-34(28-36)43-38(51)20-26-49-23-3-4-24-49/h5-18,27-28H,1-4,19-26H2,(H,42,50)(H,43,51)(H,44,52)(H,45,53)(H2,46,47,54). The normalized spacial score (nSPS) is 14.2. The van der Waals surface area contributed by atoms with Crippen molar-refractivity contribution in [3.05, 3.63) is 108 Å². The molecule has 0 aliphatic carbocycles. The van der Waals surface area contributed by atoms with E-state index in [1.165, 1.54) is 25.7 Å². The number of nitrogens with one attached hydrogen (secondary N) is 6. The van der Waals surface area contributed by atoms with Crippen LogP contribution in [0.3, 0.4) is 0 Å². The second-order valence-corrected chi connectivity index (χ2v) is 13.5. The van der Waals surface area contributed by atoms with Gasteiger partial charge < -0.3 is 41.7 Å². The SMILES string of the molecule is O=C(CCN1CCCC1)Nc1cccc(NC(=O)c2ccc(NC(=O)Nc3ccc(C(=O)Nc4cccc(NC(=O)CCN5CCCC5)c4)cc3)cc2)c1. The van der Waals surface area contributed by atoms with Gasteiger partial charge in [0.15, 0.2) is 0 Å². The first kappa shape index (κ1) is 37.7. The molecule has 6 amide bonds. The Hall–Kier alpha value is -6.05. The van der Waals surface area contributed by atoms with Gasteiger partial charge in [-0.05, 0) is 137 Å². The van der Waals surface area contributed by atoms with Crippen LogP contribution in [0.5, 0.6) is 0 Å². The first-order valence-corrected chi connectivity index (χ1v) is 18.4. The van der Waals surface area contributed by atoms with Gasteiger partial charge in [-0.1, -0.05) is 12.1 Å². The number of carbonyl (C=O) groups excluding carboxylic acids is 5. The van der Waals surface area contributed by atoms with Gasteiger partial charge in [0.25, 0.3) is 11.8 Å².